The standard InChI is InChI=1S/C17H13BrOS/c1-11-5-7-12(8-6-11)9-16(19)14-10-20-17-13(14)3-2-4-15(17)18/h2-8,10H,9H2,1H3. The Morgan fingerprint density at radius 3 is 2.65 bits per heavy atom. The first kappa shape index (κ1) is 13.5. The van der Waals surface area contributed by atoms with E-state index >= 15 is 0 Å². The Labute approximate surface area is 130 Å². The maximum Gasteiger partial charge on any atom is 0.168 e. The quantitative estimate of drug-likeness (QED) is 0.581. The van der Waals surface area contributed by atoms with Crippen molar-refractivity contribution in [3.05, 3.63) is 69.0 Å². The summed E-state index contributed by atoms with van der Waals surface area (Å²) < 4.78 is 2.19. The van der Waals surface area contributed by atoms with Crippen molar-refractivity contribution in [3.63, 3.8) is 0 Å². The van der Waals surface area contributed by atoms with Crippen LogP contribution >= 0.6 is 27.3 Å². The minimum atomic E-state index is 0.179. The van der Waals surface area contributed by atoms with Crippen molar-refractivity contribution in [1.82, 2.24) is 0 Å². The van der Waals surface area contributed by atoms with Gasteiger partial charge in [0.2, 0.25) is 0 Å². The second-order valence-electron chi connectivity index (χ2n) is 4.85. The van der Waals surface area contributed by atoms with Crippen LogP contribution < -0.4 is 0 Å². The molecule has 0 radical (unpaired) electrons. The highest BCUT2D eigenvalue weighted by molar-refractivity contribution is 9.10. The lowest BCUT2D eigenvalue weighted by Crippen LogP contribution is -2.02. The number of rotatable bonds is 3. The highest BCUT2D eigenvalue weighted by Gasteiger charge is 2.13. The van der Waals surface area contributed by atoms with Crippen molar-refractivity contribution in [2.24, 2.45) is 0 Å². The van der Waals surface area contributed by atoms with Crippen LogP contribution in [-0.4, -0.2) is 5.78 Å². The molecule has 0 unspecified atom stereocenters. The summed E-state index contributed by atoms with van der Waals surface area (Å²) in [5.74, 6) is 0.179. The molecule has 2 aromatic carbocycles. The lowest BCUT2D eigenvalue weighted by molar-refractivity contribution is 0.0995. The Morgan fingerprint density at radius 2 is 1.90 bits per heavy atom. The molecule has 0 fully saturated rings. The molecule has 3 heteroatoms. The molecule has 0 saturated heterocycles. The average Bonchev–Trinajstić information content (AvgIpc) is 2.87. The molecule has 1 heterocycles. The van der Waals surface area contributed by atoms with Gasteiger partial charge in [-0.1, -0.05) is 42.0 Å². The van der Waals surface area contributed by atoms with Gasteiger partial charge in [-0.25, -0.2) is 0 Å². The second-order valence-corrected chi connectivity index (χ2v) is 6.59. The van der Waals surface area contributed by atoms with Gasteiger partial charge >= 0.3 is 0 Å². The van der Waals surface area contributed by atoms with Crippen molar-refractivity contribution in [1.29, 1.82) is 0 Å². The van der Waals surface area contributed by atoms with Crippen LogP contribution in [0, 0.1) is 6.92 Å². The van der Waals surface area contributed by atoms with Gasteiger partial charge in [-0.3, -0.25) is 4.79 Å². The third-order valence-electron chi connectivity index (χ3n) is 3.34. The predicted octanol–water partition coefficient (Wildman–Crippen LogP) is 5.40. The second kappa shape index (κ2) is 5.51. The number of thiophene rings is 1. The van der Waals surface area contributed by atoms with Gasteiger partial charge in [0.25, 0.3) is 0 Å². The van der Waals surface area contributed by atoms with Crippen LogP contribution in [0.25, 0.3) is 10.1 Å². The first-order chi connectivity index (χ1) is 9.65. The highest BCUT2D eigenvalue weighted by Crippen LogP contribution is 2.32. The van der Waals surface area contributed by atoms with Crippen molar-refractivity contribution < 1.29 is 4.79 Å². The van der Waals surface area contributed by atoms with E-state index in [1.165, 1.54) is 5.56 Å². The molecule has 20 heavy (non-hydrogen) atoms. The van der Waals surface area contributed by atoms with Crippen LogP contribution in [0.4, 0.5) is 0 Å². The lowest BCUT2D eigenvalue weighted by atomic mass is 10.0. The van der Waals surface area contributed by atoms with Gasteiger partial charge in [0.1, 0.15) is 0 Å². The number of ketones is 1. The van der Waals surface area contributed by atoms with Crippen molar-refractivity contribution in [2.45, 2.75) is 13.3 Å². The van der Waals surface area contributed by atoms with Crippen LogP contribution in [-0.2, 0) is 6.42 Å². The van der Waals surface area contributed by atoms with E-state index in [-0.39, 0.29) is 5.78 Å². The fourth-order valence-electron chi connectivity index (χ4n) is 2.22. The van der Waals surface area contributed by atoms with Crippen LogP contribution in [0.3, 0.4) is 0 Å². The fourth-order valence-corrected chi connectivity index (χ4v) is 3.85. The van der Waals surface area contributed by atoms with Crippen molar-refractivity contribution in [2.75, 3.05) is 0 Å². The molecule has 0 atom stereocenters. The molecule has 0 spiro atoms. The molecular formula is C17H13BrOS. The minimum Gasteiger partial charge on any atom is -0.294 e. The molecule has 0 saturated carbocycles. The lowest BCUT2D eigenvalue weighted by Gasteiger charge is -2.02. The largest absolute Gasteiger partial charge is 0.294 e. The third-order valence-corrected chi connectivity index (χ3v) is 5.29. The minimum absolute atomic E-state index is 0.179. The zero-order chi connectivity index (χ0) is 14.1. The maximum absolute atomic E-state index is 12.5. The van der Waals surface area contributed by atoms with E-state index in [4.69, 9.17) is 0 Å². The van der Waals surface area contributed by atoms with Crippen LogP contribution in [0.2, 0.25) is 0 Å². The highest BCUT2D eigenvalue weighted by atomic mass is 79.9. The molecule has 0 amide bonds. The Balaban J connectivity index is 1.93. The molecule has 0 aliphatic carbocycles. The molecule has 100 valence electrons. The number of carbonyl (C=O) groups excluding carboxylic acids is 1. The summed E-state index contributed by atoms with van der Waals surface area (Å²) in [6.07, 6.45) is 0.457. The zero-order valence-corrected chi connectivity index (χ0v) is 13.4. The third kappa shape index (κ3) is 2.56. The summed E-state index contributed by atoms with van der Waals surface area (Å²) >= 11 is 5.15. The van der Waals surface area contributed by atoms with Gasteiger partial charge < -0.3 is 0 Å². The Kier molecular flexibility index (Phi) is 3.72. The number of Topliss-reactive ketones (excluding diaryl/α,β-unsaturated/α-hetero) is 1. The van der Waals surface area contributed by atoms with Gasteiger partial charge in [0.05, 0.1) is 0 Å². The van der Waals surface area contributed by atoms with E-state index in [9.17, 15) is 4.79 Å². The normalized spacial score (nSPS) is 10.9. The average molecular weight is 345 g/mol. The predicted molar refractivity (Wildman–Crippen MR) is 88.7 cm³/mol. The van der Waals surface area contributed by atoms with E-state index in [0.717, 1.165) is 25.7 Å². The van der Waals surface area contributed by atoms with E-state index in [1.54, 1.807) is 11.3 Å². The molecule has 3 rings (SSSR count). The zero-order valence-electron chi connectivity index (χ0n) is 11.0. The van der Waals surface area contributed by atoms with Crippen molar-refractivity contribution >= 4 is 43.1 Å². The van der Waals surface area contributed by atoms with E-state index < -0.39 is 0 Å². The molecule has 0 aliphatic rings. The van der Waals surface area contributed by atoms with E-state index in [1.807, 2.05) is 47.8 Å². The van der Waals surface area contributed by atoms with Gasteiger partial charge in [-0.05, 0) is 34.5 Å². The van der Waals surface area contributed by atoms with E-state index in [2.05, 4.69) is 22.9 Å². The Bertz CT molecular complexity index is 771. The molecule has 0 N–H and O–H groups in total. The summed E-state index contributed by atoms with van der Waals surface area (Å²) in [6, 6.07) is 14.1. The van der Waals surface area contributed by atoms with Crippen LogP contribution in [0.5, 0.6) is 0 Å². The monoisotopic (exact) mass is 344 g/mol. The smallest absolute Gasteiger partial charge is 0.168 e. The molecule has 1 nitrogen and oxygen atoms in total. The van der Waals surface area contributed by atoms with Crippen LogP contribution in [0.1, 0.15) is 21.5 Å². The number of benzene rings is 2. The first-order valence-corrected chi connectivity index (χ1v) is 8.07. The van der Waals surface area contributed by atoms with E-state index in [0.29, 0.717) is 6.42 Å². The Hall–Kier alpha value is -1.45. The number of aryl methyl sites for hydroxylation is 1. The Morgan fingerprint density at radius 1 is 1.15 bits per heavy atom. The SMILES string of the molecule is Cc1ccc(CC(=O)c2csc3c(Br)cccc23)cc1. The summed E-state index contributed by atoms with van der Waals surface area (Å²) in [6.45, 7) is 2.05. The first-order valence-electron chi connectivity index (χ1n) is 6.39. The fraction of sp³-hybridized carbons (Fsp3) is 0.118. The summed E-state index contributed by atoms with van der Waals surface area (Å²) in [5, 5.41) is 3.01. The maximum atomic E-state index is 12.5. The molecule has 1 aromatic heterocycles. The molecule has 0 aliphatic heterocycles. The number of hydrogen-bond acceptors (Lipinski definition) is 2. The molecular weight excluding hydrogens is 332 g/mol. The van der Waals surface area contributed by atoms with Gasteiger partial charge in [0.15, 0.2) is 5.78 Å². The summed E-state index contributed by atoms with van der Waals surface area (Å²) in [4.78, 5) is 12.5. The topological polar surface area (TPSA) is 17.1 Å². The van der Waals surface area contributed by atoms with Crippen molar-refractivity contribution in [3.8, 4) is 0 Å². The van der Waals surface area contributed by atoms with Gasteiger partial charge in [-0.15, -0.1) is 11.3 Å². The number of carbonyl (C=O) groups is 1. The van der Waals surface area contributed by atoms with Gasteiger partial charge in [-0.2, -0.15) is 0 Å². The summed E-state index contributed by atoms with van der Waals surface area (Å²) in [7, 11) is 0. The molecule has 3 aromatic rings. The molecule has 0 bridgehead atoms. The number of hydrogen-bond donors (Lipinski definition) is 0. The number of halogens is 1. The summed E-state index contributed by atoms with van der Waals surface area (Å²) in [5.41, 5.74) is 3.10. The number of fused-ring (bicyclic) bond motifs is 1. The van der Waals surface area contributed by atoms with Gasteiger partial charge in [0, 0.05) is 31.9 Å². The van der Waals surface area contributed by atoms with Crippen LogP contribution in [0.15, 0.2) is 52.3 Å².